The molecule has 0 radical (unpaired) electrons. The first-order chi connectivity index (χ1) is 13.5. The lowest BCUT2D eigenvalue weighted by molar-refractivity contribution is 0.0503. The number of benzene rings is 1. The van der Waals surface area contributed by atoms with E-state index in [0.717, 1.165) is 5.56 Å². The highest BCUT2D eigenvalue weighted by Crippen LogP contribution is 2.31. The van der Waals surface area contributed by atoms with Crippen molar-refractivity contribution in [2.45, 2.75) is 43.4 Å². The molecular weight excluding hydrogens is 399 g/mol. The van der Waals surface area contributed by atoms with Gasteiger partial charge in [0, 0.05) is 32.3 Å². The first kappa shape index (κ1) is 21.3. The Balaban J connectivity index is 1.87. The molecule has 2 aromatic rings. The van der Waals surface area contributed by atoms with E-state index in [1.54, 1.807) is 44.5 Å². The number of hydrogen-bond acceptors (Lipinski definition) is 5. The second-order valence-corrected chi connectivity index (χ2v) is 9.99. The maximum absolute atomic E-state index is 13.3. The number of carbonyl (C=O) groups excluding carboxylic acids is 1. The molecule has 1 aromatic heterocycles. The van der Waals surface area contributed by atoms with Crippen LogP contribution in [0, 0.1) is 5.82 Å². The predicted octanol–water partition coefficient (Wildman–Crippen LogP) is 2.24. The van der Waals surface area contributed by atoms with E-state index in [1.807, 2.05) is 0 Å². The maximum Gasteiger partial charge on any atom is 0.407 e. The third-order valence-electron chi connectivity index (χ3n) is 4.57. The van der Waals surface area contributed by atoms with Gasteiger partial charge in [-0.05, 0) is 38.5 Å². The molecule has 1 aromatic carbocycles. The van der Waals surface area contributed by atoms with Crippen molar-refractivity contribution in [3.05, 3.63) is 48.2 Å². The highest BCUT2D eigenvalue weighted by Gasteiger charge is 2.42. The minimum absolute atomic E-state index is 0.0557. The molecule has 1 amide bonds. The van der Waals surface area contributed by atoms with Crippen molar-refractivity contribution < 1.29 is 22.3 Å². The fourth-order valence-electron chi connectivity index (χ4n) is 3.27. The minimum Gasteiger partial charge on any atom is -0.444 e. The number of aromatic nitrogens is 2. The molecule has 158 valence electrons. The Labute approximate surface area is 169 Å². The van der Waals surface area contributed by atoms with Gasteiger partial charge in [-0.1, -0.05) is 12.1 Å². The number of alkyl carbamates (subject to hydrolysis) is 1. The van der Waals surface area contributed by atoms with E-state index in [0.29, 0.717) is 0 Å². The lowest BCUT2D eigenvalue weighted by Crippen LogP contribution is -2.43. The standard InChI is InChI=1S/C19H25FN4O4S/c1-19(2,3)28-18(25)22-16-10-24(29(26,27)17-11-23(4)12-21-17)9-15(16)13-5-7-14(20)8-6-13/h5-8,11-12,15-16H,9-10H2,1-4H3,(H,22,25)/t15-,16+/m0/s1. The molecule has 0 unspecified atom stereocenters. The Morgan fingerprint density at radius 2 is 1.90 bits per heavy atom. The van der Waals surface area contributed by atoms with Gasteiger partial charge in [0.25, 0.3) is 10.0 Å². The molecule has 8 nitrogen and oxygen atoms in total. The van der Waals surface area contributed by atoms with Crippen LogP contribution in [0.3, 0.4) is 0 Å². The van der Waals surface area contributed by atoms with Gasteiger partial charge in [0.15, 0.2) is 5.03 Å². The average Bonchev–Trinajstić information content (AvgIpc) is 3.21. The quantitative estimate of drug-likeness (QED) is 0.813. The SMILES string of the molecule is Cn1cnc(S(=O)(=O)N2C[C@@H](NC(=O)OC(C)(C)C)[C@H](c3ccc(F)cc3)C2)c1. The van der Waals surface area contributed by atoms with Crippen LogP contribution in [0.1, 0.15) is 32.3 Å². The van der Waals surface area contributed by atoms with E-state index < -0.39 is 27.8 Å². The molecule has 3 rings (SSSR count). The van der Waals surface area contributed by atoms with Crippen molar-refractivity contribution in [2.75, 3.05) is 13.1 Å². The van der Waals surface area contributed by atoms with Gasteiger partial charge in [0.05, 0.1) is 12.4 Å². The first-order valence-corrected chi connectivity index (χ1v) is 10.6. The van der Waals surface area contributed by atoms with Gasteiger partial charge < -0.3 is 14.6 Å². The number of carbonyl (C=O) groups is 1. The van der Waals surface area contributed by atoms with E-state index in [1.165, 1.54) is 29.0 Å². The normalized spacial score (nSPS) is 20.6. The van der Waals surface area contributed by atoms with Crippen molar-refractivity contribution in [1.29, 1.82) is 0 Å². The monoisotopic (exact) mass is 424 g/mol. The van der Waals surface area contributed by atoms with Crippen molar-refractivity contribution >= 4 is 16.1 Å². The number of hydrogen-bond donors (Lipinski definition) is 1. The molecule has 0 saturated carbocycles. The summed E-state index contributed by atoms with van der Waals surface area (Å²) in [5, 5.41) is 2.71. The van der Waals surface area contributed by atoms with Gasteiger partial charge in [-0.15, -0.1) is 0 Å². The number of sulfonamides is 1. The molecule has 2 atom stereocenters. The molecule has 1 aliphatic rings. The van der Waals surface area contributed by atoms with Crippen molar-refractivity contribution in [3.63, 3.8) is 0 Å². The molecule has 2 heterocycles. The van der Waals surface area contributed by atoms with Crippen molar-refractivity contribution in [1.82, 2.24) is 19.2 Å². The van der Waals surface area contributed by atoms with Crippen LogP contribution in [-0.2, 0) is 21.8 Å². The number of rotatable bonds is 4. The minimum atomic E-state index is -3.84. The summed E-state index contributed by atoms with van der Waals surface area (Å²) >= 11 is 0. The van der Waals surface area contributed by atoms with Gasteiger partial charge >= 0.3 is 6.09 Å². The Bertz CT molecular complexity index is 982. The molecule has 0 bridgehead atoms. The summed E-state index contributed by atoms with van der Waals surface area (Å²) in [4.78, 5) is 16.2. The van der Waals surface area contributed by atoms with E-state index in [-0.39, 0.29) is 29.9 Å². The molecule has 0 spiro atoms. The van der Waals surface area contributed by atoms with E-state index in [4.69, 9.17) is 4.74 Å². The van der Waals surface area contributed by atoms with Crippen LogP contribution >= 0.6 is 0 Å². The van der Waals surface area contributed by atoms with Crippen molar-refractivity contribution in [3.8, 4) is 0 Å². The van der Waals surface area contributed by atoms with Crippen LogP contribution in [0.15, 0.2) is 41.8 Å². The molecule has 1 fully saturated rings. The van der Waals surface area contributed by atoms with Crippen LogP contribution in [0.4, 0.5) is 9.18 Å². The van der Waals surface area contributed by atoms with Crippen LogP contribution in [0.2, 0.25) is 0 Å². The average molecular weight is 424 g/mol. The second-order valence-electron chi connectivity index (χ2n) is 8.11. The van der Waals surface area contributed by atoms with Crippen molar-refractivity contribution in [2.24, 2.45) is 7.05 Å². The predicted molar refractivity (Wildman–Crippen MR) is 104 cm³/mol. The third-order valence-corrected chi connectivity index (χ3v) is 6.29. The number of imidazole rings is 1. The Morgan fingerprint density at radius 3 is 2.45 bits per heavy atom. The molecule has 1 N–H and O–H groups in total. The summed E-state index contributed by atoms with van der Waals surface area (Å²) in [6, 6.07) is 5.29. The Hall–Kier alpha value is -2.46. The van der Waals surface area contributed by atoms with Gasteiger partial charge in [-0.3, -0.25) is 0 Å². The number of amides is 1. The highest BCUT2D eigenvalue weighted by atomic mass is 32.2. The molecule has 0 aliphatic carbocycles. The topological polar surface area (TPSA) is 93.5 Å². The number of nitrogens with zero attached hydrogens (tertiary/aromatic N) is 3. The summed E-state index contributed by atoms with van der Waals surface area (Å²) in [6.45, 7) is 5.43. The summed E-state index contributed by atoms with van der Waals surface area (Å²) < 4.78 is 47.5. The zero-order valence-corrected chi connectivity index (χ0v) is 17.6. The summed E-state index contributed by atoms with van der Waals surface area (Å²) in [6.07, 6.45) is 2.21. The zero-order chi connectivity index (χ0) is 21.4. The smallest absolute Gasteiger partial charge is 0.407 e. The summed E-state index contributed by atoms with van der Waals surface area (Å²) in [7, 11) is -2.15. The number of ether oxygens (including phenoxy) is 1. The van der Waals surface area contributed by atoms with Gasteiger partial charge in [-0.2, -0.15) is 4.31 Å². The van der Waals surface area contributed by atoms with Crippen LogP contribution < -0.4 is 5.32 Å². The van der Waals surface area contributed by atoms with E-state index >= 15 is 0 Å². The van der Waals surface area contributed by atoms with Crippen LogP contribution in [-0.4, -0.2) is 53.1 Å². The lowest BCUT2D eigenvalue weighted by atomic mass is 9.94. The van der Waals surface area contributed by atoms with Gasteiger partial charge in [0.1, 0.15) is 11.4 Å². The molecular formula is C19H25FN4O4S. The maximum atomic E-state index is 13.3. The summed E-state index contributed by atoms with van der Waals surface area (Å²) in [5.74, 6) is -0.747. The number of halogens is 1. The van der Waals surface area contributed by atoms with Gasteiger partial charge in [-0.25, -0.2) is 22.6 Å². The lowest BCUT2D eigenvalue weighted by Gasteiger charge is -2.24. The molecule has 29 heavy (non-hydrogen) atoms. The summed E-state index contributed by atoms with van der Waals surface area (Å²) in [5.41, 5.74) is 0.0412. The Kier molecular flexibility index (Phi) is 5.68. The first-order valence-electron chi connectivity index (χ1n) is 9.19. The number of nitrogens with one attached hydrogen (secondary N) is 1. The number of aryl methyl sites for hydroxylation is 1. The molecule has 1 aliphatic heterocycles. The third kappa shape index (κ3) is 4.94. The zero-order valence-electron chi connectivity index (χ0n) is 16.8. The van der Waals surface area contributed by atoms with Crippen LogP contribution in [0.5, 0.6) is 0 Å². The van der Waals surface area contributed by atoms with E-state index in [9.17, 15) is 17.6 Å². The highest BCUT2D eigenvalue weighted by molar-refractivity contribution is 7.89. The van der Waals surface area contributed by atoms with Crippen LogP contribution in [0.25, 0.3) is 0 Å². The fourth-order valence-corrected chi connectivity index (χ4v) is 4.73. The second kappa shape index (κ2) is 7.75. The fraction of sp³-hybridized carbons (Fsp3) is 0.474. The van der Waals surface area contributed by atoms with E-state index in [2.05, 4.69) is 10.3 Å². The molecule has 10 heteroatoms. The Morgan fingerprint density at radius 1 is 1.24 bits per heavy atom. The largest absolute Gasteiger partial charge is 0.444 e. The molecule has 1 saturated heterocycles. The van der Waals surface area contributed by atoms with Gasteiger partial charge in [0.2, 0.25) is 0 Å².